The Morgan fingerprint density at radius 3 is 2.57 bits per heavy atom. The molecule has 2 aromatic carbocycles. The molecule has 0 atom stereocenters. The summed E-state index contributed by atoms with van der Waals surface area (Å²) in [5, 5.41) is 15.7. The predicted octanol–water partition coefficient (Wildman–Crippen LogP) is 5.16. The van der Waals surface area contributed by atoms with E-state index in [4.69, 9.17) is 4.74 Å². The number of nitrogens with zero attached hydrogens (tertiary/aromatic N) is 3. The minimum atomic E-state index is -0.466. The molecule has 4 rings (SSSR count). The fourth-order valence-corrected chi connectivity index (χ4v) is 4.68. The van der Waals surface area contributed by atoms with Gasteiger partial charge in [0, 0.05) is 44.9 Å². The number of carbonyl (C=O) groups is 2. The van der Waals surface area contributed by atoms with Crippen LogP contribution in [0.1, 0.15) is 43.9 Å². The summed E-state index contributed by atoms with van der Waals surface area (Å²) < 4.78 is 7.83. The lowest BCUT2D eigenvalue weighted by Gasteiger charge is -2.10. The van der Waals surface area contributed by atoms with Gasteiger partial charge in [-0.25, -0.2) is 10.2 Å². The second-order valence-electron chi connectivity index (χ2n) is 7.72. The number of aromatic nitrogens is 1. The van der Waals surface area contributed by atoms with E-state index < -0.39 is 10.8 Å². The summed E-state index contributed by atoms with van der Waals surface area (Å²) in [5.41, 5.74) is 6.57. The van der Waals surface area contributed by atoms with E-state index in [1.165, 1.54) is 23.5 Å². The van der Waals surface area contributed by atoms with E-state index in [1.54, 1.807) is 37.4 Å². The van der Waals surface area contributed by atoms with Crippen molar-refractivity contribution in [2.45, 2.75) is 20.8 Å². The van der Waals surface area contributed by atoms with Crippen LogP contribution in [-0.2, 0) is 4.74 Å². The van der Waals surface area contributed by atoms with Crippen LogP contribution in [0.3, 0.4) is 0 Å². The second kappa shape index (κ2) is 9.90. The summed E-state index contributed by atoms with van der Waals surface area (Å²) in [4.78, 5) is 35.3. The van der Waals surface area contributed by atoms with Crippen LogP contribution in [0, 0.1) is 24.0 Å². The molecule has 0 spiro atoms. The summed E-state index contributed by atoms with van der Waals surface area (Å²) in [6.45, 7) is 5.98. The molecular formula is C25H22N4O5S. The van der Waals surface area contributed by atoms with Gasteiger partial charge in [0.1, 0.15) is 0 Å². The monoisotopic (exact) mass is 490 g/mol. The number of nitro benzene ring substituents is 1. The Hall–Kier alpha value is -4.31. The van der Waals surface area contributed by atoms with Crippen molar-refractivity contribution in [2.24, 2.45) is 5.10 Å². The lowest BCUT2D eigenvalue weighted by Crippen LogP contribution is -2.16. The van der Waals surface area contributed by atoms with E-state index in [1.807, 2.05) is 36.6 Å². The Bertz CT molecular complexity index is 1470. The summed E-state index contributed by atoms with van der Waals surface area (Å²) in [5.74, 6) is -0.756. The zero-order valence-electron chi connectivity index (χ0n) is 19.3. The number of ether oxygens (including phenoxy) is 1. The molecule has 2 aromatic heterocycles. The smallest absolute Gasteiger partial charge is 0.338 e. The summed E-state index contributed by atoms with van der Waals surface area (Å²) in [6.07, 6.45) is 1.57. The first-order chi connectivity index (χ1) is 16.8. The third kappa shape index (κ3) is 4.97. The maximum absolute atomic E-state index is 12.5. The molecule has 0 fully saturated rings. The Balaban J connectivity index is 1.49. The first-order valence-corrected chi connectivity index (χ1v) is 11.6. The quantitative estimate of drug-likeness (QED) is 0.166. The third-order valence-corrected chi connectivity index (χ3v) is 6.53. The number of aryl methyl sites for hydroxylation is 1. The first kappa shape index (κ1) is 23.8. The number of nitrogens with one attached hydrogen (secondary N) is 1. The van der Waals surface area contributed by atoms with E-state index in [2.05, 4.69) is 10.5 Å². The molecule has 0 aliphatic carbocycles. The number of nitro groups is 1. The SMILES string of the molecule is CCOC(=O)c1ccc(-n2c(C)cc(C=NNC(=O)c3cc4cc([N+](=O)[O-])ccc4s3)c2C)cc1. The number of rotatable bonds is 7. The summed E-state index contributed by atoms with van der Waals surface area (Å²) in [7, 11) is 0. The van der Waals surface area contributed by atoms with Crippen LogP contribution < -0.4 is 5.43 Å². The van der Waals surface area contributed by atoms with Crippen molar-refractivity contribution < 1.29 is 19.2 Å². The zero-order valence-corrected chi connectivity index (χ0v) is 20.1. The van der Waals surface area contributed by atoms with Gasteiger partial charge in [-0.1, -0.05) is 0 Å². The van der Waals surface area contributed by atoms with Gasteiger partial charge in [0.05, 0.1) is 28.2 Å². The van der Waals surface area contributed by atoms with Crippen LogP contribution in [0.4, 0.5) is 5.69 Å². The van der Waals surface area contributed by atoms with Gasteiger partial charge >= 0.3 is 5.97 Å². The van der Waals surface area contributed by atoms with Crippen molar-refractivity contribution in [3.8, 4) is 5.69 Å². The molecule has 1 amide bonds. The van der Waals surface area contributed by atoms with Crippen LogP contribution in [0.5, 0.6) is 0 Å². The number of carbonyl (C=O) groups excluding carboxylic acids is 2. The normalized spacial score (nSPS) is 11.2. The van der Waals surface area contributed by atoms with Crippen molar-refractivity contribution in [1.82, 2.24) is 9.99 Å². The number of hydrogen-bond acceptors (Lipinski definition) is 7. The minimum Gasteiger partial charge on any atom is -0.462 e. The molecule has 0 bridgehead atoms. The number of thiophene rings is 1. The lowest BCUT2D eigenvalue weighted by molar-refractivity contribution is -0.384. The van der Waals surface area contributed by atoms with Crippen molar-refractivity contribution in [1.29, 1.82) is 0 Å². The van der Waals surface area contributed by atoms with Crippen LogP contribution in [0.25, 0.3) is 15.8 Å². The molecule has 0 saturated carbocycles. The Labute approximate surface area is 204 Å². The fraction of sp³-hybridized carbons (Fsp3) is 0.160. The number of hydrazone groups is 1. The van der Waals surface area contributed by atoms with Gasteiger partial charge in [0.2, 0.25) is 0 Å². The fourth-order valence-electron chi connectivity index (χ4n) is 3.75. The maximum atomic E-state index is 12.5. The van der Waals surface area contributed by atoms with Gasteiger partial charge in [0.15, 0.2) is 0 Å². The maximum Gasteiger partial charge on any atom is 0.338 e. The summed E-state index contributed by atoms with van der Waals surface area (Å²) in [6, 6.07) is 15.2. The van der Waals surface area contributed by atoms with E-state index in [9.17, 15) is 19.7 Å². The standard InChI is InChI=1S/C25H22N4O5S/c1-4-34-25(31)17-5-7-20(8-6-17)28-15(2)11-19(16(28)3)14-26-27-24(30)23-13-18-12-21(29(32)33)9-10-22(18)35-23/h5-14H,4H2,1-3H3,(H,27,30). The van der Waals surface area contributed by atoms with E-state index >= 15 is 0 Å². The van der Waals surface area contributed by atoms with Crippen molar-refractivity contribution in [2.75, 3.05) is 6.61 Å². The molecule has 35 heavy (non-hydrogen) atoms. The average molecular weight is 491 g/mol. The van der Waals surface area contributed by atoms with Crippen LogP contribution in [0.2, 0.25) is 0 Å². The molecule has 0 aliphatic rings. The van der Waals surface area contributed by atoms with Crippen molar-refractivity contribution >= 4 is 45.2 Å². The van der Waals surface area contributed by atoms with Crippen molar-refractivity contribution in [3.63, 3.8) is 0 Å². The molecule has 1 N–H and O–H groups in total. The second-order valence-corrected chi connectivity index (χ2v) is 8.80. The average Bonchev–Trinajstić information content (AvgIpc) is 3.39. The minimum absolute atomic E-state index is 0.0221. The predicted molar refractivity (Wildman–Crippen MR) is 135 cm³/mol. The molecule has 10 heteroatoms. The van der Waals surface area contributed by atoms with Crippen LogP contribution in [-0.4, -0.2) is 34.2 Å². The van der Waals surface area contributed by atoms with Crippen molar-refractivity contribution in [3.05, 3.63) is 92.1 Å². The Kier molecular flexibility index (Phi) is 6.74. The van der Waals surface area contributed by atoms with Gasteiger partial charge in [-0.15, -0.1) is 11.3 Å². The van der Waals surface area contributed by atoms with Gasteiger partial charge < -0.3 is 9.30 Å². The molecule has 9 nitrogen and oxygen atoms in total. The molecule has 0 aliphatic heterocycles. The number of benzene rings is 2. The summed E-state index contributed by atoms with van der Waals surface area (Å²) >= 11 is 1.24. The van der Waals surface area contributed by atoms with Gasteiger partial charge in [-0.3, -0.25) is 14.9 Å². The molecule has 178 valence electrons. The number of esters is 1. The van der Waals surface area contributed by atoms with Crippen LogP contribution in [0.15, 0.2) is 59.7 Å². The van der Waals surface area contributed by atoms with E-state index in [0.29, 0.717) is 22.4 Å². The lowest BCUT2D eigenvalue weighted by atomic mass is 10.2. The van der Waals surface area contributed by atoms with Gasteiger partial charge in [-0.2, -0.15) is 5.10 Å². The Morgan fingerprint density at radius 2 is 1.89 bits per heavy atom. The van der Waals surface area contributed by atoms with E-state index in [-0.39, 0.29) is 11.7 Å². The molecule has 0 radical (unpaired) electrons. The Morgan fingerprint density at radius 1 is 1.14 bits per heavy atom. The number of amides is 1. The molecule has 2 heterocycles. The van der Waals surface area contributed by atoms with Gasteiger partial charge in [-0.05, 0) is 63.2 Å². The molecule has 0 saturated heterocycles. The highest BCUT2D eigenvalue weighted by molar-refractivity contribution is 7.20. The first-order valence-electron chi connectivity index (χ1n) is 10.8. The molecular weight excluding hydrogens is 468 g/mol. The zero-order chi connectivity index (χ0) is 25.1. The highest BCUT2D eigenvalue weighted by Crippen LogP contribution is 2.29. The van der Waals surface area contributed by atoms with E-state index in [0.717, 1.165) is 27.3 Å². The largest absolute Gasteiger partial charge is 0.462 e. The molecule has 4 aromatic rings. The number of hydrogen-bond donors (Lipinski definition) is 1. The third-order valence-electron chi connectivity index (χ3n) is 5.41. The van der Waals surface area contributed by atoms with Gasteiger partial charge in [0.25, 0.3) is 11.6 Å². The highest BCUT2D eigenvalue weighted by atomic mass is 32.1. The number of fused-ring (bicyclic) bond motifs is 1. The topological polar surface area (TPSA) is 116 Å². The highest BCUT2D eigenvalue weighted by Gasteiger charge is 2.14. The molecule has 0 unspecified atom stereocenters. The van der Waals surface area contributed by atoms with Crippen LogP contribution >= 0.6 is 11.3 Å². The number of non-ortho nitro benzene ring substituents is 1.